The summed E-state index contributed by atoms with van der Waals surface area (Å²) in [4.78, 5) is 13.5. The lowest BCUT2D eigenvalue weighted by atomic mass is 9.90. The van der Waals surface area contributed by atoms with Gasteiger partial charge in [-0.05, 0) is 24.7 Å². The largest absolute Gasteiger partial charge is 0.385 e. The third-order valence-electron chi connectivity index (χ3n) is 3.20. The predicted molar refractivity (Wildman–Crippen MR) is 78.2 cm³/mol. The Balaban J connectivity index is 4.20. The molecule has 0 aromatic heterocycles. The van der Waals surface area contributed by atoms with Crippen molar-refractivity contribution in [2.75, 3.05) is 33.9 Å². The number of hydrogen-bond acceptors (Lipinski definition) is 3. The highest BCUT2D eigenvalue weighted by molar-refractivity contribution is 5.73. The minimum Gasteiger partial charge on any atom is -0.385 e. The normalized spacial score (nSPS) is 13.4. The summed E-state index contributed by atoms with van der Waals surface area (Å²) in [7, 11) is 3.37. The summed E-state index contributed by atoms with van der Waals surface area (Å²) in [5, 5.41) is 0. The van der Waals surface area contributed by atoms with Crippen LogP contribution in [0.5, 0.6) is 0 Å². The highest BCUT2D eigenvalue weighted by atomic mass is 16.5. The molecule has 1 amide bonds. The minimum absolute atomic E-state index is 0.0542. The Hall–Kier alpha value is -0.610. The first kappa shape index (κ1) is 18.4. The molecule has 0 saturated carbocycles. The van der Waals surface area contributed by atoms with Gasteiger partial charge in [0.25, 0.3) is 0 Å². The van der Waals surface area contributed by atoms with E-state index in [1.807, 2.05) is 4.90 Å². The fourth-order valence-electron chi connectivity index (χ4n) is 1.96. The number of carbonyl (C=O) groups is 1. The molecule has 1 atom stereocenters. The maximum atomic E-state index is 11.7. The third kappa shape index (κ3) is 9.91. The van der Waals surface area contributed by atoms with Crippen LogP contribution < -0.4 is 0 Å². The third-order valence-corrected chi connectivity index (χ3v) is 3.20. The molecule has 0 heterocycles. The number of ether oxygens (including phenoxy) is 2. The van der Waals surface area contributed by atoms with Gasteiger partial charge in [0.1, 0.15) is 0 Å². The summed E-state index contributed by atoms with van der Waals surface area (Å²) in [6.07, 6.45) is 3.02. The van der Waals surface area contributed by atoms with Crippen LogP contribution in [0.4, 0.5) is 0 Å². The van der Waals surface area contributed by atoms with Gasteiger partial charge in [-0.3, -0.25) is 4.79 Å². The molecule has 4 nitrogen and oxygen atoms in total. The van der Waals surface area contributed by atoms with Gasteiger partial charge in [0.15, 0.2) is 0 Å². The van der Waals surface area contributed by atoms with Gasteiger partial charge in [-0.1, -0.05) is 20.8 Å². The van der Waals surface area contributed by atoms with Gasteiger partial charge < -0.3 is 14.4 Å². The molecule has 0 spiro atoms. The first-order valence-electron chi connectivity index (χ1n) is 7.07. The zero-order valence-electron chi connectivity index (χ0n) is 13.5. The van der Waals surface area contributed by atoms with Crippen molar-refractivity contribution < 1.29 is 14.3 Å². The van der Waals surface area contributed by atoms with Crippen LogP contribution in [0, 0.1) is 5.41 Å². The van der Waals surface area contributed by atoms with Crippen molar-refractivity contribution in [1.82, 2.24) is 4.90 Å². The van der Waals surface area contributed by atoms with Crippen molar-refractivity contribution in [2.45, 2.75) is 53.1 Å². The van der Waals surface area contributed by atoms with Crippen molar-refractivity contribution in [3.05, 3.63) is 0 Å². The highest BCUT2D eigenvalue weighted by Crippen LogP contribution is 2.20. The molecule has 1 unspecified atom stereocenters. The van der Waals surface area contributed by atoms with Crippen LogP contribution >= 0.6 is 0 Å². The van der Waals surface area contributed by atoms with Gasteiger partial charge in [-0.15, -0.1) is 0 Å². The first-order valence-corrected chi connectivity index (χ1v) is 7.07. The van der Waals surface area contributed by atoms with Gasteiger partial charge in [0.05, 0.1) is 6.10 Å². The van der Waals surface area contributed by atoms with Gasteiger partial charge in [-0.25, -0.2) is 0 Å². The van der Waals surface area contributed by atoms with Crippen molar-refractivity contribution in [2.24, 2.45) is 5.41 Å². The minimum atomic E-state index is 0.0542. The quantitative estimate of drug-likeness (QED) is 0.648. The second kappa shape index (κ2) is 9.32. The van der Waals surface area contributed by atoms with E-state index in [-0.39, 0.29) is 12.0 Å². The van der Waals surface area contributed by atoms with Crippen LogP contribution in [-0.2, 0) is 14.3 Å². The van der Waals surface area contributed by atoms with Crippen LogP contribution in [0.3, 0.4) is 0 Å². The van der Waals surface area contributed by atoms with E-state index in [0.717, 1.165) is 25.8 Å². The van der Waals surface area contributed by atoms with Crippen LogP contribution in [-0.4, -0.2) is 50.8 Å². The Morgan fingerprint density at radius 3 is 2.32 bits per heavy atom. The molecular formula is C15H31NO3. The van der Waals surface area contributed by atoms with Crippen molar-refractivity contribution in [1.29, 1.82) is 0 Å². The van der Waals surface area contributed by atoms with Gasteiger partial charge >= 0.3 is 0 Å². The summed E-state index contributed by atoms with van der Waals surface area (Å²) in [5.41, 5.74) is 0.319. The molecule has 0 bridgehead atoms. The van der Waals surface area contributed by atoms with E-state index in [4.69, 9.17) is 9.47 Å². The van der Waals surface area contributed by atoms with E-state index in [9.17, 15) is 4.79 Å². The Labute approximate surface area is 118 Å². The van der Waals surface area contributed by atoms with Crippen LogP contribution in [0.2, 0.25) is 0 Å². The van der Waals surface area contributed by atoms with Gasteiger partial charge in [0, 0.05) is 40.8 Å². The summed E-state index contributed by atoms with van der Waals surface area (Å²) >= 11 is 0. The van der Waals surface area contributed by atoms with Crippen LogP contribution in [0.15, 0.2) is 0 Å². The molecule has 0 saturated heterocycles. The van der Waals surface area contributed by atoms with Crippen molar-refractivity contribution >= 4 is 5.91 Å². The molecule has 0 aliphatic rings. The molecule has 0 aromatic carbocycles. The second-order valence-corrected chi connectivity index (χ2v) is 6.27. The SMILES string of the molecule is COCCC(CN(CCCC(C)(C)C)C(C)=O)OC. The summed E-state index contributed by atoms with van der Waals surface area (Å²) in [6.45, 7) is 10.4. The molecule has 4 heteroatoms. The lowest BCUT2D eigenvalue weighted by molar-refractivity contribution is -0.130. The lowest BCUT2D eigenvalue weighted by Crippen LogP contribution is -2.38. The number of rotatable bonds is 9. The highest BCUT2D eigenvalue weighted by Gasteiger charge is 2.17. The first-order chi connectivity index (χ1) is 8.80. The maximum absolute atomic E-state index is 11.7. The summed E-state index contributed by atoms with van der Waals surface area (Å²) < 4.78 is 10.5. The predicted octanol–water partition coefficient (Wildman–Crippen LogP) is 2.71. The van der Waals surface area contributed by atoms with E-state index in [0.29, 0.717) is 18.6 Å². The lowest BCUT2D eigenvalue weighted by Gasteiger charge is -2.27. The zero-order valence-corrected chi connectivity index (χ0v) is 13.5. The van der Waals surface area contributed by atoms with Gasteiger partial charge in [0.2, 0.25) is 5.91 Å². The molecule has 0 aliphatic heterocycles. The van der Waals surface area contributed by atoms with E-state index < -0.39 is 0 Å². The number of hydrogen-bond donors (Lipinski definition) is 0. The van der Waals surface area contributed by atoms with Crippen LogP contribution in [0.25, 0.3) is 0 Å². The standard InChI is InChI=1S/C15H31NO3/c1-13(17)16(10-7-9-15(2,3)4)12-14(19-6)8-11-18-5/h14H,7-12H2,1-6H3. The average Bonchev–Trinajstić information content (AvgIpc) is 2.30. The van der Waals surface area contributed by atoms with Crippen molar-refractivity contribution in [3.63, 3.8) is 0 Å². The molecule has 0 N–H and O–H groups in total. The van der Waals surface area contributed by atoms with E-state index in [1.165, 1.54) is 0 Å². The molecule has 0 aromatic rings. The molecular weight excluding hydrogens is 242 g/mol. The van der Waals surface area contributed by atoms with E-state index >= 15 is 0 Å². The Morgan fingerprint density at radius 1 is 1.26 bits per heavy atom. The van der Waals surface area contributed by atoms with E-state index in [2.05, 4.69) is 20.8 Å². The Kier molecular flexibility index (Phi) is 9.02. The molecule has 0 aliphatic carbocycles. The Morgan fingerprint density at radius 2 is 1.89 bits per heavy atom. The fraction of sp³-hybridized carbons (Fsp3) is 0.933. The number of amides is 1. The molecule has 0 fully saturated rings. The topological polar surface area (TPSA) is 38.8 Å². The fourth-order valence-corrected chi connectivity index (χ4v) is 1.96. The smallest absolute Gasteiger partial charge is 0.219 e. The second-order valence-electron chi connectivity index (χ2n) is 6.27. The molecule has 19 heavy (non-hydrogen) atoms. The number of methoxy groups -OCH3 is 2. The van der Waals surface area contributed by atoms with Crippen molar-refractivity contribution in [3.8, 4) is 0 Å². The summed E-state index contributed by atoms with van der Waals surface area (Å²) in [6, 6.07) is 0. The molecule has 114 valence electrons. The van der Waals surface area contributed by atoms with Gasteiger partial charge in [-0.2, -0.15) is 0 Å². The average molecular weight is 273 g/mol. The van der Waals surface area contributed by atoms with E-state index in [1.54, 1.807) is 21.1 Å². The summed E-state index contributed by atoms with van der Waals surface area (Å²) in [5.74, 6) is 0.119. The zero-order chi connectivity index (χ0) is 14.9. The molecule has 0 rings (SSSR count). The Bertz CT molecular complexity index is 248. The number of nitrogens with zero attached hydrogens (tertiary/aromatic N) is 1. The van der Waals surface area contributed by atoms with Crippen LogP contribution in [0.1, 0.15) is 47.0 Å². The molecule has 0 radical (unpaired) electrons. The number of carbonyl (C=O) groups excluding carboxylic acids is 1. The monoisotopic (exact) mass is 273 g/mol. The maximum Gasteiger partial charge on any atom is 0.219 e.